The minimum atomic E-state index is -0.574. The van der Waals surface area contributed by atoms with E-state index in [1.165, 1.54) is 0 Å². The number of rotatable bonds is 5. The monoisotopic (exact) mass is 381 g/mol. The number of nitrogens with two attached hydrogens (primary N) is 2. The van der Waals surface area contributed by atoms with E-state index in [4.69, 9.17) is 11.5 Å². The summed E-state index contributed by atoms with van der Waals surface area (Å²) in [6.07, 6.45) is 0.631. The molecule has 2 fully saturated rings. The van der Waals surface area contributed by atoms with Crippen LogP contribution in [-0.2, 0) is 11.2 Å². The second kappa shape index (κ2) is 7.27. The second-order valence-electron chi connectivity index (χ2n) is 7.90. The van der Waals surface area contributed by atoms with Crippen molar-refractivity contribution in [3.05, 3.63) is 42.0 Å². The fourth-order valence-electron chi connectivity index (χ4n) is 3.99. The molecule has 0 aliphatic carbocycles. The maximum Gasteiger partial charge on any atom is 0.227 e. The van der Waals surface area contributed by atoms with Gasteiger partial charge in [-0.25, -0.2) is 0 Å². The highest BCUT2D eigenvalue weighted by Gasteiger charge is 2.48. The number of carbonyl (C=O) groups excluding carboxylic acids is 1. The van der Waals surface area contributed by atoms with Gasteiger partial charge < -0.3 is 26.2 Å². The lowest BCUT2D eigenvalue weighted by atomic mass is 9.74. The molecule has 4 N–H and O–H groups in total. The first kappa shape index (κ1) is 18.5. The molecule has 3 heterocycles. The van der Waals surface area contributed by atoms with Crippen LogP contribution in [0.1, 0.15) is 5.56 Å². The number of anilines is 3. The molecule has 8 heteroatoms. The zero-order valence-corrected chi connectivity index (χ0v) is 16.2. The molecule has 28 heavy (non-hydrogen) atoms. The zero-order valence-electron chi connectivity index (χ0n) is 16.2. The topological polar surface area (TPSA) is 105 Å². The standard InChI is InChI=1S/C20H27N7O/c1-25-7-9-26(10-8-25)16-11-17(24-19(22)23-16)27-13-20(14-27,18(21)28)12-15-5-3-2-4-6-15/h2-6,11H,7-10,12-14H2,1H3,(H2,21,28)(H2,22,23,24). The molecule has 1 aromatic heterocycles. The van der Waals surface area contributed by atoms with Crippen LogP contribution in [0.5, 0.6) is 0 Å². The number of nitrogen functional groups attached to an aromatic ring is 1. The molecule has 0 radical (unpaired) electrons. The molecule has 8 nitrogen and oxygen atoms in total. The third-order valence-corrected chi connectivity index (χ3v) is 5.76. The van der Waals surface area contributed by atoms with Crippen LogP contribution in [0, 0.1) is 5.41 Å². The highest BCUT2D eigenvalue weighted by molar-refractivity contribution is 5.85. The van der Waals surface area contributed by atoms with Crippen LogP contribution in [0.4, 0.5) is 17.6 Å². The van der Waals surface area contributed by atoms with E-state index in [0.29, 0.717) is 19.5 Å². The van der Waals surface area contributed by atoms with Gasteiger partial charge in [0.1, 0.15) is 11.6 Å². The number of piperazine rings is 1. The third kappa shape index (κ3) is 3.60. The quantitative estimate of drug-likeness (QED) is 0.770. The first-order chi connectivity index (χ1) is 13.4. The van der Waals surface area contributed by atoms with Gasteiger partial charge in [-0.15, -0.1) is 0 Å². The lowest BCUT2D eigenvalue weighted by Crippen LogP contribution is -2.64. The normalized spacial score (nSPS) is 19.3. The molecule has 1 amide bonds. The number of benzene rings is 1. The fraction of sp³-hybridized carbons (Fsp3) is 0.450. The summed E-state index contributed by atoms with van der Waals surface area (Å²) in [5, 5.41) is 0. The molecule has 0 atom stereocenters. The van der Waals surface area contributed by atoms with Gasteiger partial charge in [0.25, 0.3) is 0 Å². The van der Waals surface area contributed by atoms with E-state index >= 15 is 0 Å². The van der Waals surface area contributed by atoms with Crippen molar-refractivity contribution in [1.29, 1.82) is 0 Å². The van der Waals surface area contributed by atoms with Crippen LogP contribution in [0.3, 0.4) is 0 Å². The number of hydrogen-bond donors (Lipinski definition) is 2. The molecule has 2 saturated heterocycles. The van der Waals surface area contributed by atoms with E-state index in [1.54, 1.807) is 0 Å². The summed E-state index contributed by atoms with van der Waals surface area (Å²) >= 11 is 0. The lowest BCUT2D eigenvalue weighted by molar-refractivity contribution is -0.129. The summed E-state index contributed by atoms with van der Waals surface area (Å²) in [4.78, 5) is 27.6. The van der Waals surface area contributed by atoms with Crippen LogP contribution >= 0.6 is 0 Å². The van der Waals surface area contributed by atoms with E-state index in [2.05, 4.69) is 31.7 Å². The van der Waals surface area contributed by atoms with Crippen molar-refractivity contribution < 1.29 is 4.79 Å². The summed E-state index contributed by atoms with van der Waals surface area (Å²) < 4.78 is 0. The number of carbonyl (C=O) groups is 1. The maximum atomic E-state index is 12.2. The number of nitrogens with zero attached hydrogens (tertiary/aromatic N) is 5. The molecule has 0 unspecified atom stereocenters. The molecular formula is C20H27N7O. The van der Waals surface area contributed by atoms with Crippen molar-refractivity contribution in [2.24, 2.45) is 11.1 Å². The summed E-state index contributed by atoms with van der Waals surface area (Å²) in [6, 6.07) is 12.0. The zero-order chi connectivity index (χ0) is 19.7. The van der Waals surface area contributed by atoms with Crippen LogP contribution in [0.2, 0.25) is 0 Å². The molecule has 0 spiro atoms. The maximum absolute atomic E-state index is 12.2. The Balaban J connectivity index is 1.50. The summed E-state index contributed by atoms with van der Waals surface area (Å²) in [6.45, 7) is 4.87. The number of amides is 1. The van der Waals surface area contributed by atoms with Crippen LogP contribution < -0.4 is 21.3 Å². The van der Waals surface area contributed by atoms with Crippen molar-refractivity contribution in [3.8, 4) is 0 Å². The van der Waals surface area contributed by atoms with Crippen LogP contribution in [0.15, 0.2) is 36.4 Å². The van der Waals surface area contributed by atoms with Gasteiger partial charge in [0, 0.05) is 45.3 Å². The van der Waals surface area contributed by atoms with Gasteiger partial charge in [0.2, 0.25) is 11.9 Å². The summed E-state index contributed by atoms with van der Waals surface area (Å²) in [5.74, 6) is 1.58. The predicted molar refractivity (Wildman–Crippen MR) is 110 cm³/mol. The Morgan fingerprint density at radius 2 is 1.64 bits per heavy atom. The van der Waals surface area contributed by atoms with E-state index in [-0.39, 0.29) is 11.9 Å². The van der Waals surface area contributed by atoms with Gasteiger partial charge in [-0.3, -0.25) is 4.79 Å². The number of hydrogen-bond acceptors (Lipinski definition) is 7. The van der Waals surface area contributed by atoms with Crippen molar-refractivity contribution in [3.63, 3.8) is 0 Å². The largest absolute Gasteiger partial charge is 0.369 e. The summed E-state index contributed by atoms with van der Waals surface area (Å²) in [7, 11) is 2.12. The molecule has 2 aliphatic rings. The van der Waals surface area contributed by atoms with Gasteiger partial charge in [-0.05, 0) is 19.0 Å². The Hall–Kier alpha value is -2.87. The predicted octanol–water partition coefficient (Wildman–Crippen LogP) is 0.345. The van der Waals surface area contributed by atoms with E-state index < -0.39 is 5.41 Å². The van der Waals surface area contributed by atoms with Gasteiger partial charge in [0.15, 0.2) is 0 Å². The minimum absolute atomic E-state index is 0.256. The van der Waals surface area contributed by atoms with Gasteiger partial charge in [-0.1, -0.05) is 30.3 Å². The van der Waals surface area contributed by atoms with Crippen molar-refractivity contribution in [2.45, 2.75) is 6.42 Å². The molecule has 148 valence electrons. The lowest BCUT2D eigenvalue weighted by Gasteiger charge is -2.49. The van der Waals surface area contributed by atoms with Crippen molar-refractivity contribution in [1.82, 2.24) is 14.9 Å². The smallest absolute Gasteiger partial charge is 0.227 e. The molecule has 4 rings (SSSR count). The molecule has 2 aromatic rings. The van der Waals surface area contributed by atoms with Crippen molar-refractivity contribution in [2.75, 3.05) is 61.8 Å². The first-order valence-corrected chi connectivity index (χ1v) is 9.62. The average molecular weight is 381 g/mol. The average Bonchev–Trinajstić information content (AvgIpc) is 2.65. The minimum Gasteiger partial charge on any atom is -0.369 e. The van der Waals surface area contributed by atoms with E-state index in [9.17, 15) is 4.79 Å². The summed E-state index contributed by atoms with van der Waals surface area (Å²) in [5.41, 5.74) is 12.3. The van der Waals surface area contributed by atoms with Gasteiger partial charge in [0.05, 0.1) is 5.41 Å². The van der Waals surface area contributed by atoms with E-state index in [1.807, 2.05) is 36.4 Å². The van der Waals surface area contributed by atoms with Crippen molar-refractivity contribution >= 4 is 23.5 Å². The third-order valence-electron chi connectivity index (χ3n) is 5.76. The van der Waals surface area contributed by atoms with Gasteiger partial charge in [-0.2, -0.15) is 9.97 Å². The number of primary amides is 1. The second-order valence-corrected chi connectivity index (χ2v) is 7.90. The Labute approximate surface area is 165 Å². The SMILES string of the molecule is CN1CCN(c2cc(N3CC(Cc4ccccc4)(C(N)=O)C3)nc(N)n2)CC1. The fourth-order valence-corrected chi connectivity index (χ4v) is 3.99. The number of aromatic nitrogens is 2. The van der Waals surface area contributed by atoms with Crippen LogP contribution in [0.25, 0.3) is 0 Å². The molecular weight excluding hydrogens is 354 g/mol. The first-order valence-electron chi connectivity index (χ1n) is 9.62. The Bertz CT molecular complexity index is 843. The molecule has 2 aliphatic heterocycles. The molecule has 0 bridgehead atoms. The highest BCUT2D eigenvalue weighted by atomic mass is 16.1. The van der Waals surface area contributed by atoms with E-state index in [0.717, 1.165) is 43.4 Å². The number of likely N-dealkylation sites (N-methyl/N-ethyl adjacent to an activating group) is 1. The van der Waals surface area contributed by atoms with Crippen LogP contribution in [-0.4, -0.2) is 67.1 Å². The molecule has 0 saturated carbocycles. The highest BCUT2D eigenvalue weighted by Crippen LogP contribution is 2.37. The molecule has 1 aromatic carbocycles. The Morgan fingerprint density at radius 1 is 1.04 bits per heavy atom. The Morgan fingerprint density at radius 3 is 2.25 bits per heavy atom. The Kier molecular flexibility index (Phi) is 4.80. The van der Waals surface area contributed by atoms with Gasteiger partial charge >= 0.3 is 0 Å².